The van der Waals surface area contributed by atoms with Gasteiger partial charge in [-0.05, 0) is 122 Å². The third-order valence-corrected chi connectivity index (χ3v) is 17.4. The third-order valence-electron chi connectivity index (χ3n) is 16.5. The lowest BCUT2D eigenvalue weighted by Gasteiger charge is -2.69. The van der Waals surface area contributed by atoms with Crippen molar-refractivity contribution in [2.75, 3.05) is 56.3 Å². The van der Waals surface area contributed by atoms with E-state index in [2.05, 4.69) is 29.5 Å². The number of carbonyl (C=O) groups excluding carboxylic acids is 2. The molecular formula is C60H66N8O15S. The number of para-hydroxylation sites is 1. The molecular weight excluding hydrogens is 1100 g/mol. The maximum Gasteiger partial charge on any atom is 0.407 e. The molecule has 4 aliphatic carbocycles. The van der Waals surface area contributed by atoms with E-state index in [1.54, 1.807) is 24.4 Å². The first-order chi connectivity index (χ1) is 40.2. The number of rotatable bonds is 22. The van der Waals surface area contributed by atoms with Crippen molar-refractivity contribution in [3.8, 4) is 22.6 Å². The number of hydrogen-bond acceptors (Lipinski definition) is 19. The Morgan fingerprint density at radius 2 is 1.65 bits per heavy atom. The second-order valence-corrected chi connectivity index (χ2v) is 24.3. The summed E-state index contributed by atoms with van der Waals surface area (Å²) in [4.78, 5) is 63.2. The summed E-state index contributed by atoms with van der Waals surface area (Å²) in [6.07, 6.45) is 5.14. The van der Waals surface area contributed by atoms with Crippen LogP contribution in [-0.2, 0) is 49.9 Å². The molecule has 24 heteroatoms. The summed E-state index contributed by atoms with van der Waals surface area (Å²) in [6, 6.07) is 21.5. The van der Waals surface area contributed by atoms with E-state index in [0.717, 1.165) is 65.6 Å². The van der Waals surface area contributed by atoms with Crippen molar-refractivity contribution < 1.29 is 73.1 Å². The lowest BCUT2D eigenvalue weighted by molar-refractivity contribution is -0.247. The van der Waals surface area contributed by atoms with Crippen LogP contribution in [0.3, 0.4) is 0 Å². The number of nitrogens with zero attached hydrogens (tertiary/aromatic N) is 5. The number of aliphatic carboxylic acids is 1. The van der Waals surface area contributed by atoms with Gasteiger partial charge in [-0.1, -0.05) is 49.4 Å². The summed E-state index contributed by atoms with van der Waals surface area (Å²) in [7, 11) is 0. The van der Waals surface area contributed by atoms with Crippen molar-refractivity contribution >= 4 is 56.4 Å². The van der Waals surface area contributed by atoms with Gasteiger partial charge in [0.15, 0.2) is 10.8 Å². The topological polar surface area (TPSA) is 322 Å². The molecule has 0 radical (unpaired) electrons. The van der Waals surface area contributed by atoms with Crippen LogP contribution in [0.2, 0.25) is 0 Å². The number of aromatic carboxylic acids is 1. The molecule has 6 aliphatic rings. The van der Waals surface area contributed by atoms with Gasteiger partial charge in [0.2, 0.25) is 17.3 Å². The number of carboxylic acid groups (broad SMARTS) is 2. The molecule has 2 amide bonds. The van der Waals surface area contributed by atoms with E-state index in [1.807, 2.05) is 59.0 Å². The molecule has 4 saturated carbocycles. The quantitative estimate of drug-likeness (QED) is 0.0295. The number of pyridine rings is 1. The fraction of sp³-hybridized carbons (Fsp3) is 0.417. The van der Waals surface area contributed by atoms with Gasteiger partial charge in [0, 0.05) is 66.7 Å². The van der Waals surface area contributed by atoms with Crippen molar-refractivity contribution in [2.45, 2.75) is 97.3 Å². The molecule has 3 aromatic heterocycles. The number of benzene rings is 3. The van der Waals surface area contributed by atoms with Gasteiger partial charge in [-0.3, -0.25) is 14.8 Å². The monoisotopic (exact) mass is 1170 g/mol. The van der Waals surface area contributed by atoms with E-state index in [0.29, 0.717) is 66.8 Å². The molecule has 5 heterocycles. The van der Waals surface area contributed by atoms with Gasteiger partial charge >= 0.3 is 24.3 Å². The lowest BCUT2D eigenvalue weighted by atomic mass is 9.39. The van der Waals surface area contributed by atoms with E-state index in [9.17, 15) is 44.7 Å². The van der Waals surface area contributed by atoms with Crippen molar-refractivity contribution in [3.05, 3.63) is 136 Å². The van der Waals surface area contributed by atoms with Gasteiger partial charge in [0.25, 0.3) is 11.7 Å². The number of carboxylic acids is 2. The largest absolute Gasteiger partial charge is 0.503 e. The number of carbonyl (C=O) groups is 4. The molecule has 4 fully saturated rings. The number of nitrogens with two attached hydrogens (primary N) is 1. The zero-order valence-electron chi connectivity index (χ0n) is 46.6. The zero-order chi connectivity index (χ0) is 59.1. The zero-order valence-corrected chi connectivity index (χ0v) is 47.5. The van der Waals surface area contributed by atoms with Crippen molar-refractivity contribution in [2.24, 2.45) is 22.0 Å². The minimum atomic E-state index is -1.91. The predicted molar refractivity (Wildman–Crippen MR) is 306 cm³/mol. The van der Waals surface area contributed by atoms with Crippen LogP contribution < -0.4 is 30.7 Å². The summed E-state index contributed by atoms with van der Waals surface area (Å²) in [5.41, 5.74) is 10.1. The third kappa shape index (κ3) is 11.7. The van der Waals surface area contributed by atoms with E-state index in [1.165, 1.54) is 23.5 Å². The maximum atomic E-state index is 13.8. The fourth-order valence-corrected chi connectivity index (χ4v) is 15.1. The standard InChI is InChI=1S/C60H66N8O15S/c1-34-40(38-13-14-45(65-46(38)52(73)74)67-18-15-35-7-6-8-39(41(35)25-67)51(72)66-55-64-42-9-4-5-10-44(42)84-55)24-63-68(34)33-59-28-57(2)27-58(3,29-59)31-60(30-57,32-59)81-20-17-62-56(77)80-26-36-11-12-37(79-22-21-78-19-16-61)23-43(36)82-54-49(71)47(69)48(70)50(83-54)53(75)76/h4-14,23-24,54,69-71H,15-22,25-33,61H2,1-3H3,(H,62,77)(H,73,74)(H,75,76)(H,64,66,72)/t54-,57-,58?,59?,60?/m0/s1. The van der Waals surface area contributed by atoms with Crippen LogP contribution in [0.15, 0.2) is 102 Å². The SMILES string of the molecule is Cc1c(-c2ccc(N3CCc4cccc(C(=O)Nc5nc6ccccc6s5)c4C3)nc2C(=O)O)cnn1CC12CC3(C)CC(OCCNC(=O)OCc4ccc(OCCOCCN)cc4O[C@H]4OC(C(=O)O)=C(O)C(O)=C4O)(C1)C[C@@](C)(C3)C2. The van der Waals surface area contributed by atoms with Gasteiger partial charge in [0.1, 0.15) is 30.5 Å². The summed E-state index contributed by atoms with van der Waals surface area (Å²) in [6.45, 7) is 9.13. The van der Waals surface area contributed by atoms with Gasteiger partial charge in [0.05, 0.1) is 41.8 Å². The van der Waals surface area contributed by atoms with Gasteiger partial charge < -0.3 is 69.9 Å². The number of ether oxygens (including phenoxy) is 6. The number of aliphatic hydroxyl groups is 3. The minimum absolute atomic E-state index is 0.0234. The molecule has 12 rings (SSSR count). The summed E-state index contributed by atoms with van der Waals surface area (Å²) < 4.78 is 37.5. The predicted octanol–water partition coefficient (Wildman–Crippen LogP) is 8.71. The van der Waals surface area contributed by atoms with Crippen LogP contribution in [0.4, 0.5) is 15.7 Å². The molecule has 23 nitrogen and oxygen atoms in total. The molecule has 3 unspecified atom stereocenters. The summed E-state index contributed by atoms with van der Waals surface area (Å²) in [5, 5.41) is 62.2. The number of nitrogens with one attached hydrogen (secondary N) is 2. The molecule has 4 bridgehead atoms. The second-order valence-electron chi connectivity index (χ2n) is 23.2. The van der Waals surface area contributed by atoms with Crippen LogP contribution in [0.1, 0.15) is 95.6 Å². The smallest absolute Gasteiger partial charge is 0.407 e. The van der Waals surface area contributed by atoms with Gasteiger partial charge in [-0.15, -0.1) is 0 Å². The summed E-state index contributed by atoms with van der Waals surface area (Å²) >= 11 is 1.41. The van der Waals surface area contributed by atoms with Gasteiger partial charge in [-0.25, -0.2) is 24.4 Å². The Labute approximate surface area is 486 Å². The van der Waals surface area contributed by atoms with Crippen LogP contribution in [0.5, 0.6) is 11.5 Å². The van der Waals surface area contributed by atoms with E-state index >= 15 is 0 Å². The Balaban J connectivity index is 0.732. The maximum absolute atomic E-state index is 13.8. The summed E-state index contributed by atoms with van der Waals surface area (Å²) in [5.74, 6) is -6.89. The van der Waals surface area contributed by atoms with Crippen molar-refractivity contribution in [1.29, 1.82) is 0 Å². The van der Waals surface area contributed by atoms with Crippen molar-refractivity contribution in [1.82, 2.24) is 25.1 Å². The number of alkyl carbamates (subject to hydrolysis) is 1. The first kappa shape index (κ1) is 57.4. The first-order valence-electron chi connectivity index (χ1n) is 27.7. The molecule has 442 valence electrons. The number of hydrogen-bond donors (Lipinski definition) is 8. The number of aromatic nitrogens is 4. The van der Waals surface area contributed by atoms with E-state index < -0.39 is 53.0 Å². The Hall–Kier alpha value is -8.45. The first-order valence-corrected chi connectivity index (χ1v) is 28.6. The highest BCUT2D eigenvalue weighted by Gasteiger charge is 2.66. The Bertz CT molecular complexity index is 3580. The molecule has 9 N–H and O–H groups in total. The Morgan fingerprint density at radius 3 is 2.42 bits per heavy atom. The number of amides is 2. The number of aliphatic hydroxyl groups excluding tert-OH is 3. The normalized spacial score (nSPS) is 23.3. The highest BCUT2D eigenvalue weighted by molar-refractivity contribution is 7.22. The van der Waals surface area contributed by atoms with Crippen LogP contribution in [0.25, 0.3) is 21.3 Å². The number of anilines is 2. The highest BCUT2D eigenvalue weighted by Crippen LogP contribution is 2.72. The number of thiazole rings is 1. The minimum Gasteiger partial charge on any atom is -0.503 e. The van der Waals surface area contributed by atoms with E-state index in [-0.39, 0.29) is 77.9 Å². The Morgan fingerprint density at radius 1 is 0.857 bits per heavy atom. The van der Waals surface area contributed by atoms with Crippen LogP contribution in [0, 0.1) is 23.2 Å². The molecule has 84 heavy (non-hydrogen) atoms. The molecule has 0 saturated heterocycles. The molecule has 2 aliphatic heterocycles. The highest BCUT2D eigenvalue weighted by atomic mass is 32.1. The lowest BCUT2D eigenvalue weighted by Crippen LogP contribution is -2.64. The van der Waals surface area contributed by atoms with Crippen LogP contribution in [-0.4, -0.2) is 127 Å². The average Bonchev–Trinajstić information content (AvgIpc) is 0.736. The average molecular weight is 1170 g/mol. The molecule has 0 spiro atoms. The van der Waals surface area contributed by atoms with Crippen molar-refractivity contribution in [3.63, 3.8) is 0 Å². The van der Waals surface area contributed by atoms with Crippen LogP contribution >= 0.6 is 11.3 Å². The number of fused-ring (bicyclic) bond motifs is 2. The second kappa shape index (κ2) is 23.0. The van der Waals surface area contributed by atoms with Gasteiger partial charge in [-0.2, -0.15) is 5.10 Å². The Kier molecular flexibility index (Phi) is 15.7. The fourth-order valence-electron chi connectivity index (χ4n) is 14.2. The van der Waals surface area contributed by atoms with E-state index in [4.69, 9.17) is 44.2 Å². The molecule has 6 aromatic rings. The molecule has 3 aromatic carbocycles. The molecule has 5 atom stereocenters.